The van der Waals surface area contributed by atoms with Crippen LogP contribution in [-0.4, -0.2) is 37.2 Å². The second-order valence-corrected chi connectivity index (χ2v) is 9.37. The van der Waals surface area contributed by atoms with Crippen molar-refractivity contribution in [2.75, 3.05) is 17.6 Å². The minimum absolute atomic E-state index is 0.0106. The van der Waals surface area contributed by atoms with Gasteiger partial charge in [-0.15, -0.1) is 0 Å². The van der Waals surface area contributed by atoms with Gasteiger partial charge in [0.1, 0.15) is 16.2 Å². The van der Waals surface area contributed by atoms with Crippen LogP contribution in [0.2, 0.25) is 10.0 Å². The first-order valence-corrected chi connectivity index (χ1v) is 12.5. The van der Waals surface area contributed by atoms with E-state index in [1.165, 1.54) is 48.3 Å². The van der Waals surface area contributed by atoms with Crippen molar-refractivity contribution >= 4 is 56.6 Å². The van der Waals surface area contributed by atoms with E-state index in [0.717, 1.165) is 0 Å². The van der Waals surface area contributed by atoms with Crippen LogP contribution in [0, 0.1) is 0 Å². The van der Waals surface area contributed by atoms with Crippen LogP contribution in [0.25, 0.3) is 0 Å². The van der Waals surface area contributed by atoms with Crippen molar-refractivity contribution in [3.8, 4) is 11.6 Å². The van der Waals surface area contributed by atoms with E-state index in [9.17, 15) is 13.2 Å². The molecule has 0 aliphatic carbocycles. The standard InChI is InChI=1S/C20H17Cl2N3O5S2/c1-3-29-19(26)15-11-23-20(31-2)24-18(15)30-14-6-4-5-13(10-14)25-32(27,28)17-8-7-12(21)9-16(17)22/h4-11,25H,3H2,1-2H3. The minimum Gasteiger partial charge on any atom is -0.462 e. The monoisotopic (exact) mass is 513 g/mol. The van der Waals surface area contributed by atoms with Gasteiger partial charge in [-0.05, 0) is 43.5 Å². The molecule has 0 radical (unpaired) electrons. The Bertz CT molecular complexity index is 1260. The first-order valence-electron chi connectivity index (χ1n) is 9.07. The molecule has 1 aromatic heterocycles. The highest BCUT2D eigenvalue weighted by molar-refractivity contribution is 7.98. The minimum atomic E-state index is -3.99. The second kappa shape index (κ2) is 10.4. The zero-order chi connectivity index (χ0) is 23.3. The van der Waals surface area contributed by atoms with Gasteiger partial charge < -0.3 is 9.47 Å². The van der Waals surface area contributed by atoms with Gasteiger partial charge >= 0.3 is 5.97 Å². The molecular formula is C20H17Cl2N3O5S2. The Balaban J connectivity index is 1.89. The summed E-state index contributed by atoms with van der Waals surface area (Å²) in [5.41, 5.74) is 0.258. The molecule has 8 nitrogen and oxygen atoms in total. The van der Waals surface area contributed by atoms with Gasteiger partial charge in [0.2, 0.25) is 5.88 Å². The average Bonchev–Trinajstić information content (AvgIpc) is 2.73. The van der Waals surface area contributed by atoms with Gasteiger partial charge in [-0.3, -0.25) is 4.72 Å². The van der Waals surface area contributed by atoms with Crippen LogP contribution >= 0.6 is 35.0 Å². The van der Waals surface area contributed by atoms with Gasteiger partial charge in [-0.25, -0.2) is 18.2 Å². The molecule has 0 amide bonds. The van der Waals surface area contributed by atoms with E-state index in [1.54, 1.807) is 25.3 Å². The molecule has 0 aliphatic rings. The number of benzene rings is 2. The Morgan fingerprint density at radius 2 is 1.97 bits per heavy atom. The summed E-state index contributed by atoms with van der Waals surface area (Å²) in [6, 6.07) is 10.2. The SMILES string of the molecule is CCOC(=O)c1cnc(SC)nc1Oc1cccc(NS(=O)(=O)c2ccc(Cl)cc2Cl)c1. The third kappa shape index (κ3) is 5.83. The number of thioether (sulfide) groups is 1. The highest BCUT2D eigenvalue weighted by atomic mass is 35.5. The van der Waals surface area contributed by atoms with Crippen LogP contribution < -0.4 is 9.46 Å². The van der Waals surface area contributed by atoms with E-state index >= 15 is 0 Å². The first-order chi connectivity index (χ1) is 15.2. The Morgan fingerprint density at radius 1 is 1.19 bits per heavy atom. The van der Waals surface area contributed by atoms with Crippen LogP contribution in [0.1, 0.15) is 17.3 Å². The van der Waals surface area contributed by atoms with Crippen LogP contribution in [0.5, 0.6) is 11.6 Å². The van der Waals surface area contributed by atoms with E-state index in [4.69, 9.17) is 32.7 Å². The number of carbonyl (C=O) groups excluding carboxylic acids is 1. The maximum absolute atomic E-state index is 12.7. The summed E-state index contributed by atoms with van der Waals surface area (Å²) in [7, 11) is -3.99. The van der Waals surface area contributed by atoms with Crippen LogP contribution in [-0.2, 0) is 14.8 Å². The van der Waals surface area contributed by atoms with Crippen molar-refractivity contribution in [2.45, 2.75) is 17.0 Å². The molecule has 0 unspecified atom stereocenters. The number of ether oxygens (including phenoxy) is 2. The average molecular weight is 514 g/mol. The summed E-state index contributed by atoms with van der Waals surface area (Å²) in [6.07, 6.45) is 3.10. The molecule has 0 saturated heterocycles. The van der Waals surface area contributed by atoms with Crippen molar-refractivity contribution in [3.05, 3.63) is 64.3 Å². The van der Waals surface area contributed by atoms with Crippen molar-refractivity contribution in [1.82, 2.24) is 9.97 Å². The smallest absolute Gasteiger partial charge is 0.345 e. The molecule has 1 heterocycles. The molecular weight excluding hydrogens is 497 g/mol. The van der Waals surface area contributed by atoms with E-state index in [2.05, 4.69) is 14.7 Å². The number of sulfonamides is 1. The number of nitrogens with one attached hydrogen (secondary N) is 1. The van der Waals surface area contributed by atoms with E-state index in [-0.39, 0.29) is 39.4 Å². The third-order valence-corrected chi connectivity index (χ3v) is 6.55. The van der Waals surface area contributed by atoms with Crippen molar-refractivity contribution in [2.24, 2.45) is 0 Å². The molecule has 3 aromatic rings. The zero-order valence-electron chi connectivity index (χ0n) is 16.8. The number of aromatic nitrogens is 2. The number of rotatable bonds is 8. The lowest BCUT2D eigenvalue weighted by Gasteiger charge is -2.13. The summed E-state index contributed by atoms with van der Waals surface area (Å²) in [6.45, 7) is 1.85. The fourth-order valence-corrected chi connectivity index (χ4v) is 4.67. The quantitative estimate of drug-likeness (QED) is 0.246. The number of hydrogen-bond acceptors (Lipinski definition) is 8. The molecule has 0 fully saturated rings. The molecule has 2 aromatic carbocycles. The Labute approximate surface area is 199 Å². The molecule has 168 valence electrons. The number of carbonyl (C=O) groups is 1. The van der Waals surface area contributed by atoms with Gasteiger partial charge in [-0.2, -0.15) is 4.98 Å². The molecule has 12 heteroatoms. The summed E-state index contributed by atoms with van der Waals surface area (Å²) in [5.74, 6) is -0.406. The molecule has 0 aliphatic heterocycles. The van der Waals surface area contributed by atoms with Gasteiger partial charge in [-0.1, -0.05) is 41.0 Å². The summed E-state index contributed by atoms with van der Waals surface area (Å²) in [5, 5.41) is 0.695. The zero-order valence-corrected chi connectivity index (χ0v) is 20.0. The summed E-state index contributed by atoms with van der Waals surface area (Å²) < 4.78 is 38.7. The highest BCUT2D eigenvalue weighted by Gasteiger charge is 2.20. The highest BCUT2D eigenvalue weighted by Crippen LogP contribution is 2.30. The fraction of sp³-hybridized carbons (Fsp3) is 0.150. The lowest BCUT2D eigenvalue weighted by molar-refractivity contribution is 0.0521. The first kappa shape index (κ1) is 24.1. The molecule has 3 rings (SSSR count). The van der Waals surface area contributed by atoms with E-state index in [0.29, 0.717) is 10.2 Å². The largest absolute Gasteiger partial charge is 0.462 e. The fourth-order valence-electron chi connectivity index (χ4n) is 2.51. The number of nitrogens with zero attached hydrogens (tertiary/aromatic N) is 2. The Kier molecular flexibility index (Phi) is 7.83. The van der Waals surface area contributed by atoms with Crippen molar-refractivity contribution in [1.29, 1.82) is 0 Å². The van der Waals surface area contributed by atoms with Gasteiger partial charge in [0, 0.05) is 17.3 Å². The number of esters is 1. The third-order valence-electron chi connectivity index (χ3n) is 3.89. The lowest BCUT2D eigenvalue weighted by Crippen LogP contribution is -2.13. The molecule has 0 atom stereocenters. The lowest BCUT2D eigenvalue weighted by atomic mass is 10.3. The summed E-state index contributed by atoms with van der Waals surface area (Å²) >= 11 is 13.1. The van der Waals surface area contributed by atoms with Gasteiger partial charge in [0.05, 0.1) is 17.3 Å². The van der Waals surface area contributed by atoms with Crippen LogP contribution in [0.4, 0.5) is 5.69 Å². The second-order valence-electron chi connectivity index (χ2n) is 6.11. The maximum Gasteiger partial charge on any atom is 0.345 e. The number of anilines is 1. The normalized spacial score (nSPS) is 11.1. The predicted molar refractivity (Wildman–Crippen MR) is 124 cm³/mol. The molecule has 0 spiro atoms. The van der Waals surface area contributed by atoms with Gasteiger partial charge in [0.15, 0.2) is 5.16 Å². The molecule has 1 N–H and O–H groups in total. The van der Waals surface area contributed by atoms with Crippen LogP contribution in [0.15, 0.2) is 58.7 Å². The van der Waals surface area contributed by atoms with Gasteiger partial charge in [0.25, 0.3) is 10.0 Å². The van der Waals surface area contributed by atoms with Crippen molar-refractivity contribution < 1.29 is 22.7 Å². The Morgan fingerprint density at radius 3 is 2.66 bits per heavy atom. The van der Waals surface area contributed by atoms with E-state index in [1.807, 2.05) is 0 Å². The molecule has 0 bridgehead atoms. The number of halogens is 2. The topological polar surface area (TPSA) is 107 Å². The predicted octanol–water partition coefficient (Wildman–Crippen LogP) is 5.28. The maximum atomic E-state index is 12.7. The number of hydrogen-bond donors (Lipinski definition) is 1. The Hall–Kier alpha value is -2.53. The molecule has 32 heavy (non-hydrogen) atoms. The van der Waals surface area contributed by atoms with Crippen LogP contribution in [0.3, 0.4) is 0 Å². The molecule has 0 saturated carbocycles. The van der Waals surface area contributed by atoms with Crippen molar-refractivity contribution in [3.63, 3.8) is 0 Å². The van der Waals surface area contributed by atoms with E-state index < -0.39 is 16.0 Å². The summed E-state index contributed by atoms with van der Waals surface area (Å²) in [4.78, 5) is 20.4.